The van der Waals surface area contributed by atoms with Gasteiger partial charge in [-0.1, -0.05) is 15.9 Å². The standard InChI is InChI=1S/C10H8BrNO2/c1-5-2-6-3-9(10(13)14)12-8(6)4-7(5)11/h2-4,12H,1H3,(H,13,14). The number of aryl methyl sites for hydroxylation is 1. The first-order valence-electron chi connectivity index (χ1n) is 4.10. The molecule has 0 radical (unpaired) electrons. The SMILES string of the molecule is Cc1cc2cc(C(=O)O)[nH]c2cc1Br. The van der Waals surface area contributed by atoms with Crippen molar-refractivity contribution in [3.63, 3.8) is 0 Å². The molecule has 0 bridgehead atoms. The highest BCUT2D eigenvalue weighted by molar-refractivity contribution is 9.10. The van der Waals surface area contributed by atoms with Gasteiger partial charge in [-0.05, 0) is 30.7 Å². The number of carboxylic acid groups (broad SMARTS) is 1. The molecule has 14 heavy (non-hydrogen) atoms. The Morgan fingerprint density at radius 1 is 1.43 bits per heavy atom. The lowest BCUT2D eigenvalue weighted by molar-refractivity contribution is 0.0691. The molecule has 2 rings (SSSR count). The largest absolute Gasteiger partial charge is 0.477 e. The van der Waals surface area contributed by atoms with Crippen LogP contribution in [0.4, 0.5) is 0 Å². The second kappa shape index (κ2) is 3.13. The van der Waals surface area contributed by atoms with Crippen molar-refractivity contribution in [3.8, 4) is 0 Å². The molecule has 0 aliphatic heterocycles. The molecule has 4 heteroatoms. The average Bonchev–Trinajstić information content (AvgIpc) is 2.48. The van der Waals surface area contributed by atoms with E-state index in [9.17, 15) is 4.79 Å². The minimum absolute atomic E-state index is 0.220. The van der Waals surface area contributed by atoms with Gasteiger partial charge in [0.05, 0.1) is 0 Å². The molecule has 0 saturated carbocycles. The van der Waals surface area contributed by atoms with Gasteiger partial charge in [0.1, 0.15) is 5.69 Å². The summed E-state index contributed by atoms with van der Waals surface area (Å²) in [6, 6.07) is 5.47. The Balaban J connectivity index is 2.72. The highest BCUT2D eigenvalue weighted by atomic mass is 79.9. The molecule has 1 aromatic heterocycles. The molecule has 72 valence electrons. The molecule has 2 aromatic rings. The fraction of sp³-hybridized carbons (Fsp3) is 0.100. The van der Waals surface area contributed by atoms with Gasteiger partial charge in [0.25, 0.3) is 0 Å². The van der Waals surface area contributed by atoms with Gasteiger partial charge in [-0.25, -0.2) is 4.79 Å². The molecule has 0 amide bonds. The van der Waals surface area contributed by atoms with Crippen LogP contribution in [0.3, 0.4) is 0 Å². The van der Waals surface area contributed by atoms with Crippen molar-refractivity contribution in [2.45, 2.75) is 6.92 Å². The smallest absolute Gasteiger partial charge is 0.352 e. The van der Waals surface area contributed by atoms with Crippen LogP contribution >= 0.6 is 15.9 Å². The van der Waals surface area contributed by atoms with E-state index in [1.165, 1.54) is 0 Å². The number of carboxylic acids is 1. The minimum Gasteiger partial charge on any atom is -0.477 e. The van der Waals surface area contributed by atoms with Gasteiger partial charge >= 0.3 is 5.97 Å². The van der Waals surface area contributed by atoms with Crippen molar-refractivity contribution in [2.75, 3.05) is 0 Å². The lowest BCUT2D eigenvalue weighted by Gasteiger charge is -1.96. The van der Waals surface area contributed by atoms with E-state index in [4.69, 9.17) is 5.11 Å². The molecular weight excluding hydrogens is 246 g/mol. The van der Waals surface area contributed by atoms with E-state index in [0.29, 0.717) is 0 Å². The molecule has 0 spiro atoms. The maximum Gasteiger partial charge on any atom is 0.352 e. The number of hydrogen-bond donors (Lipinski definition) is 2. The Hall–Kier alpha value is -1.29. The van der Waals surface area contributed by atoms with Crippen molar-refractivity contribution >= 4 is 32.8 Å². The first-order valence-corrected chi connectivity index (χ1v) is 4.89. The third kappa shape index (κ3) is 1.42. The Morgan fingerprint density at radius 2 is 2.14 bits per heavy atom. The fourth-order valence-corrected chi connectivity index (χ4v) is 1.73. The predicted octanol–water partition coefficient (Wildman–Crippen LogP) is 2.94. The molecular formula is C10H8BrNO2. The van der Waals surface area contributed by atoms with Gasteiger partial charge in [0, 0.05) is 15.4 Å². The Bertz CT molecular complexity index is 477. The monoisotopic (exact) mass is 253 g/mol. The van der Waals surface area contributed by atoms with E-state index in [-0.39, 0.29) is 5.69 Å². The molecule has 3 nitrogen and oxygen atoms in total. The molecule has 0 saturated heterocycles. The van der Waals surface area contributed by atoms with E-state index in [2.05, 4.69) is 20.9 Å². The van der Waals surface area contributed by atoms with Crippen molar-refractivity contribution in [1.82, 2.24) is 4.98 Å². The topological polar surface area (TPSA) is 53.1 Å². The van der Waals surface area contributed by atoms with Crippen molar-refractivity contribution in [3.05, 3.63) is 33.9 Å². The molecule has 0 aliphatic rings. The maximum atomic E-state index is 10.7. The summed E-state index contributed by atoms with van der Waals surface area (Å²) in [6.07, 6.45) is 0. The second-order valence-electron chi connectivity index (χ2n) is 3.18. The van der Waals surface area contributed by atoms with Crippen LogP contribution in [-0.4, -0.2) is 16.1 Å². The number of aromatic carboxylic acids is 1. The van der Waals surface area contributed by atoms with E-state index >= 15 is 0 Å². The summed E-state index contributed by atoms with van der Waals surface area (Å²) in [4.78, 5) is 13.5. The highest BCUT2D eigenvalue weighted by Crippen LogP contribution is 2.24. The normalized spacial score (nSPS) is 10.7. The van der Waals surface area contributed by atoms with E-state index < -0.39 is 5.97 Å². The van der Waals surface area contributed by atoms with Crippen LogP contribution in [-0.2, 0) is 0 Å². The van der Waals surface area contributed by atoms with E-state index in [0.717, 1.165) is 20.9 Å². The van der Waals surface area contributed by atoms with Gasteiger partial charge in [0.2, 0.25) is 0 Å². The molecule has 0 unspecified atom stereocenters. The van der Waals surface area contributed by atoms with Crippen LogP contribution in [0, 0.1) is 6.92 Å². The van der Waals surface area contributed by atoms with Crippen LogP contribution in [0.25, 0.3) is 10.9 Å². The summed E-state index contributed by atoms with van der Waals surface area (Å²) in [5, 5.41) is 9.70. The minimum atomic E-state index is -0.935. The van der Waals surface area contributed by atoms with E-state index in [1.807, 2.05) is 19.1 Å². The summed E-state index contributed by atoms with van der Waals surface area (Å²) >= 11 is 3.40. The van der Waals surface area contributed by atoms with Crippen molar-refractivity contribution < 1.29 is 9.90 Å². The summed E-state index contributed by atoms with van der Waals surface area (Å²) in [5.41, 5.74) is 2.14. The van der Waals surface area contributed by atoms with Gasteiger partial charge in [0.15, 0.2) is 0 Å². The summed E-state index contributed by atoms with van der Waals surface area (Å²) in [6.45, 7) is 1.97. The van der Waals surface area contributed by atoms with Gasteiger partial charge < -0.3 is 10.1 Å². The average molecular weight is 254 g/mol. The number of carbonyl (C=O) groups is 1. The van der Waals surface area contributed by atoms with Gasteiger partial charge in [-0.2, -0.15) is 0 Å². The number of halogens is 1. The quantitative estimate of drug-likeness (QED) is 0.821. The summed E-state index contributed by atoms with van der Waals surface area (Å²) in [5.74, 6) is -0.935. The first-order chi connectivity index (χ1) is 6.58. The predicted molar refractivity (Wildman–Crippen MR) is 57.7 cm³/mol. The summed E-state index contributed by atoms with van der Waals surface area (Å²) < 4.78 is 0.976. The van der Waals surface area contributed by atoms with Crippen LogP contribution in [0.2, 0.25) is 0 Å². The van der Waals surface area contributed by atoms with Crippen LogP contribution < -0.4 is 0 Å². The summed E-state index contributed by atoms with van der Waals surface area (Å²) in [7, 11) is 0. The third-order valence-electron chi connectivity index (χ3n) is 2.13. The lowest BCUT2D eigenvalue weighted by Crippen LogP contribution is -1.94. The number of fused-ring (bicyclic) bond motifs is 1. The van der Waals surface area contributed by atoms with Crippen molar-refractivity contribution in [1.29, 1.82) is 0 Å². The fourth-order valence-electron chi connectivity index (χ4n) is 1.38. The molecule has 1 heterocycles. The van der Waals surface area contributed by atoms with Gasteiger partial charge in [-0.15, -0.1) is 0 Å². The molecule has 0 fully saturated rings. The molecule has 1 aromatic carbocycles. The highest BCUT2D eigenvalue weighted by Gasteiger charge is 2.08. The molecule has 0 aliphatic carbocycles. The zero-order chi connectivity index (χ0) is 10.3. The zero-order valence-electron chi connectivity index (χ0n) is 7.47. The number of benzene rings is 1. The third-order valence-corrected chi connectivity index (χ3v) is 2.98. The Morgan fingerprint density at radius 3 is 2.79 bits per heavy atom. The number of aromatic nitrogens is 1. The second-order valence-corrected chi connectivity index (χ2v) is 4.03. The van der Waals surface area contributed by atoms with Crippen molar-refractivity contribution in [2.24, 2.45) is 0 Å². The number of nitrogens with one attached hydrogen (secondary N) is 1. The van der Waals surface area contributed by atoms with E-state index in [1.54, 1.807) is 6.07 Å². The number of rotatable bonds is 1. The Labute approximate surface area is 88.9 Å². The maximum absolute atomic E-state index is 10.7. The number of aromatic amines is 1. The van der Waals surface area contributed by atoms with Crippen LogP contribution in [0.1, 0.15) is 16.1 Å². The molecule has 2 N–H and O–H groups in total. The zero-order valence-corrected chi connectivity index (χ0v) is 9.05. The van der Waals surface area contributed by atoms with Gasteiger partial charge in [-0.3, -0.25) is 0 Å². The first kappa shape index (κ1) is 9.27. The van der Waals surface area contributed by atoms with Crippen LogP contribution in [0.15, 0.2) is 22.7 Å². The lowest BCUT2D eigenvalue weighted by atomic mass is 10.2. The Kier molecular flexibility index (Phi) is 2.07. The molecule has 0 atom stereocenters. The number of H-pyrrole nitrogens is 1. The van der Waals surface area contributed by atoms with Crippen LogP contribution in [0.5, 0.6) is 0 Å². The number of hydrogen-bond acceptors (Lipinski definition) is 1.